The van der Waals surface area contributed by atoms with Gasteiger partial charge >= 0.3 is 0 Å². The number of halogens is 4. The molecule has 0 radical (unpaired) electrons. The van der Waals surface area contributed by atoms with E-state index in [1.807, 2.05) is 12.1 Å². The Hall–Kier alpha value is -5.42. The molecular formula is C39H36Cl4N10O5. The van der Waals surface area contributed by atoms with Crippen molar-refractivity contribution in [2.24, 2.45) is 0 Å². The minimum atomic E-state index is 0.0224. The quantitative estimate of drug-likeness (QED) is 0.113. The maximum atomic E-state index is 9.82. The average Bonchev–Trinajstić information content (AvgIpc) is 3.67. The number of aromatic nitrogens is 6. The highest BCUT2D eigenvalue weighted by Crippen LogP contribution is 2.37. The van der Waals surface area contributed by atoms with E-state index in [-0.39, 0.29) is 12.4 Å². The minimum Gasteiger partial charge on any atom is -0.504 e. The van der Waals surface area contributed by atoms with Crippen molar-refractivity contribution in [2.45, 2.75) is 13.2 Å². The Balaban J connectivity index is 0.000000199. The highest BCUT2D eigenvalue weighted by molar-refractivity contribution is 6.42. The first kappa shape index (κ1) is 40.8. The molecule has 1 fully saturated rings. The number of fused-ring (bicyclic) bond motifs is 2. The highest BCUT2D eigenvalue weighted by Gasteiger charge is 2.18. The normalized spacial score (nSPS) is 13.2. The average molecular weight is 867 g/mol. The van der Waals surface area contributed by atoms with Crippen LogP contribution in [0.25, 0.3) is 21.8 Å². The number of ether oxygens (including phenoxy) is 3. The third-order valence-corrected chi connectivity index (χ3v) is 10.5. The summed E-state index contributed by atoms with van der Waals surface area (Å²) in [5, 5.41) is 23.6. The third-order valence-electron chi connectivity index (χ3n) is 9.04. The number of benzene rings is 4. The van der Waals surface area contributed by atoms with Gasteiger partial charge in [0.05, 0.1) is 51.9 Å². The Morgan fingerprint density at radius 1 is 0.690 bits per heavy atom. The van der Waals surface area contributed by atoms with Crippen LogP contribution in [0.1, 0.15) is 11.7 Å². The van der Waals surface area contributed by atoms with Gasteiger partial charge < -0.3 is 39.4 Å². The number of phenols is 1. The molecule has 0 bridgehead atoms. The molecule has 4 aromatic carbocycles. The van der Waals surface area contributed by atoms with Crippen molar-refractivity contribution in [3.8, 4) is 23.0 Å². The van der Waals surface area contributed by atoms with Gasteiger partial charge in [-0.1, -0.05) is 51.6 Å². The van der Waals surface area contributed by atoms with Crippen molar-refractivity contribution < 1.29 is 23.8 Å². The first-order valence-electron chi connectivity index (χ1n) is 17.7. The number of anilines is 4. The molecule has 0 atom stereocenters. The largest absolute Gasteiger partial charge is 0.504 e. The van der Waals surface area contributed by atoms with Gasteiger partial charge in [0.2, 0.25) is 0 Å². The van der Waals surface area contributed by atoms with Gasteiger partial charge in [0.1, 0.15) is 24.3 Å². The lowest BCUT2D eigenvalue weighted by Gasteiger charge is -2.31. The van der Waals surface area contributed by atoms with Crippen LogP contribution in [0.15, 0.2) is 77.8 Å². The van der Waals surface area contributed by atoms with Crippen molar-refractivity contribution in [3.63, 3.8) is 0 Å². The summed E-state index contributed by atoms with van der Waals surface area (Å²) >= 11 is 24.1. The topological polar surface area (TPSA) is 169 Å². The Bertz CT molecular complexity index is 2560. The van der Waals surface area contributed by atoms with Gasteiger partial charge in [0.15, 0.2) is 35.4 Å². The molecule has 0 saturated carbocycles. The first-order valence-corrected chi connectivity index (χ1v) is 19.2. The van der Waals surface area contributed by atoms with E-state index in [2.05, 4.69) is 57.6 Å². The predicted octanol–water partition coefficient (Wildman–Crippen LogP) is 8.79. The number of piperazine rings is 1. The standard InChI is InChI=1S/C24H25Cl2N7O3.C15H11Cl2N3O2/c1-32-5-7-33(8-6-32)12-22-30-23(36-31-22)13-35-21-11-19-16(10-20(21)34-2)24(28-14-27-19)29-15-3-4-17(25)18(26)9-15;1-22-14-5-9-12(6-13(14)21)18-7-19-15(9)20-8-2-3-10(16)11(17)4-8/h3-4,9-11,14H,5-8,12-13H2,1-2H3,(H,27,28,29);2-7,21H,1H3,(H,18,19,20). The maximum absolute atomic E-state index is 9.82. The zero-order valence-corrected chi connectivity index (χ0v) is 34.4. The SMILES string of the molecule is COc1cc2c(Nc3ccc(Cl)c(Cl)c3)ncnc2cc1O.COc1cc2c(Nc3ccc(Cl)c(Cl)c3)ncnc2cc1OCc1nc(CN2CCN(C)CC2)no1. The predicted molar refractivity (Wildman–Crippen MR) is 225 cm³/mol. The van der Waals surface area contributed by atoms with Gasteiger partial charge in [-0.15, -0.1) is 0 Å². The Kier molecular flexibility index (Phi) is 13.0. The van der Waals surface area contributed by atoms with Crippen molar-refractivity contribution >= 4 is 91.2 Å². The number of phenolic OH excluding ortho intramolecular Hbond substituents is 1. The summed E-state index contributed by atoms with van der Waals surface area (Å²) in [6.07, 6.45) is 2.88. The molecule has 4 heterocycles. The van der Waals surface area contributed by atoms with Gasteiger partial charge in [-0.2, -0.15) is 4.98 Å². The van der Waals surface area contributed by atoms with Crippen molar-refractivity contribution in [1.29, 1.82) is 0 Å². The zero-order valence-electron chi connectivity index (χ0n) is 31.3. The van der Waals surface area contributed by atoms with Crippen LogP contribution in [0.2, 0.25) is 20.1 Å². The van der Waals surface area contributed by atoms with Crippen molar-refractivity contribution in [2.75, 3.05) is 58.1 Å². The van der Waals surface area contributed by atoms with Crippen LogP contribution in [0.3, 0.4) is 0 Å². The fraction of sp³-hybridized carbons (Fsp3) is 0.231. The van der Waals surface area contributed by atoms with Gasteiger partial charge in [0.25, 0.3) is 5.89 Å². The fourth-order valence-corrected chi connectivity index (χ4v) is 6.55. The Morgan fingerprint density at radius 2 is 1.26 bits per heavy atom. The Morgan fingerprint density at radius 3 is 1.83 bits per heavy atom. The number of likely N-dealkylation sites (N-methyl/N-ethyl adjacent to an activating group) is 1. The van der Waals surface area contributed by atoms with Crippen LogP contribution >= 0.6 is 46.4 Å². The second-order valence-electron chi connectivity index (χ2n) is 13.0. The summed E-state index contributed by atoms with van der Waals surface area (Å²) in [4.78, 5) is 26.2. The number of nitrogens with zero attached hydrogens (tertiary/aromatic N) is 8. The van der Waals surface area contributed by atoms with E-state index in [0.717, 1.165) is 42.9 Å². The molecule has 1 aliphatic rings. The molecule has 7 aromatic rings. The molecule has 300 valence electrons. The van der Waals surface area contributed by atoms with E-state index in [0.29, 0.717) is 83.7 Å². The molecule has 15 nitrogen and oxygen atoms in total. The van der Waals surface area contributed by atoms with Crippen molar-refractivity contribution in [3.05, 3.63) is 105 Å². The number of rotatable bonds is 11. The first-order chi connectivity index (χ1) is 28.1. The van der Waals surface area contributed by atoms with Crippen LogP contribution in [0.4, 0.5) is 23.0 Å². The molecule has 3 aromatic heterocycles. The number of methoxy groups -OCH3 is 2. The van der Waals surface area contributed by atoms with Crippen LogP contribution in [-0.2, 0) is 13.2 Å². The monoisotopic (exact) mass is 864 g/mol. The van der Waals surface area contributed by atoms with Crippen LogP contribution in [-0.4, -0.2) is 92.4 Å². The van der Waals surface area contributed by atoms with Crippen LogP contribution in [0.5, 0.6) is 23.0 Å². The van der Waals surface area contributed by atoms with Gasteiger partial charge in [0, 0.05) is 60.5 Å². The second-order valence-corrected chi connectivity index (χ2v) is 14.6. The van der Waals surface area contributed by atoms with E-state index in [1.54, 1.807) is 49.6 Å². The lowest BCUT2D eigenvalue weighted by Crippen LogP contribution is -2.44. The smallest absolute Gasteiger partial charge is 0.264 e. The van der Waals surface area contributed by atoms with E-state index >= 15 is 0 Å². The maximum Gasteiger partial charge on any atom is 0.264 e. The summed E-state index contributed by atoms with van der Waals surface area (Å²) in [6, 6.07) is 17.3. The third kappa shape index (κ3) is 9.81. The summed E-state index contributed by atoms with van der Waals surface area (Å²) in [6.45, 7) is 4.79. The van der Waals surface area contributed by atoms with Crippen LogP contribution < -0.4 is 24.8 Å². The van der Waals surface area contributed by atoms with E-state index in [4.69, 9.17) is 65.1 Å². The fourth-order valence-electron chi connectivity index (χ4n) is 5.95. The molecule has 1 aliphatic heterocycles. The number of nitrogens with one attached hydrogen (secondary N) is 2. The molecule has 0 unspecified atom stereocenters. The summed E-state index contributed by atoms with van der Waals surface area (Å²) in [5.41, 5.74) is 2.74. The lowest BCUT2D eigenvalue weighted by atomic mass is 10.2. The van der Waals surface area contributed by atoms with Gasteiger partial charge in [-0.3, -0.25) is 4.90 Å². The zero-order chi connectivity index (χ0) is 40.8. The second kappa shape index (κ2) is 18.4. The van der Waals surface area contributed by atoms with E-state index < -0.39 is 0 Å². The van der Waals surface area contributed by atoms with E-state index in [1.165, 1.54) is 25.8 Å². The molecule has 19 heteroatoms. The van der Waals surface area contributed by atoms with Gasteiger partial charge in [-0.05, 0) is 55.6 Å². The number of aromatic hydroxyl groups is 1. The number of hydrogen-bond donors (Lipinski definition) is 3. The molecule has 8 rings (SSSR count). The number of hydrogen-bond acceptors (Lipinski definition) is 15. The van der Waals surface area contributed by atoms with E-state index in [9.17, 15) is 5.11 Å². The summed E-state index contributed by atoms with van der Waals surface area (Å²) in [5.74, 6) is 3.60. The Labute approximate surface area is 352 Å². The molecule has 3 N–H and O–H groups in total. The molecule has 0 aliphatic carbocycles. The lowest BCUT2D eigenvalue weighted by molar-refractivity contribution is 0.144. The summed E-state index contributed by atoms with van der Waals surface area (Å²) < 4.78 is 22.1. The minimum absolute atomic E-state index is 0.0224. The van der Waals surface area contributed by atoms with Gasteiger partial charge in [-0.25, -0.2) is 19.9 Å². The van der Waals surface area contributed by atoms with Crippen molar-refractivity contribution in [1.82, 2.24) is 39.9 Å². The van der Waals surface area contributed by atoms with Crippen LogP contribution in [0, 0.1) is 0 Å². The molecule has 0 amide bonds. The highest BCUT2D eigenvalue weighted by atomic mass is 35.5. The molecule has 58 heavy (non-hydrogen) atoms. The molecular weight excluding hydrogens is 830 g/mol. The summed E-state index contributed by atoms with van der Waals surface area (Å²) in [7, 11) is 5.18. The molecule has 1 saturated heterocycles. The molecule has 0 spiro atoms.